The van der Waals surface area contributed by atoms with E-state index in [0.29, 0.717) is 17.8 Å². The Morgan fingerprint density at radius 3 is 2.29 bits per heavy atom. The van der Waals surface area contributed by atoms with E-state index in [1.165, 1.54) is 16.7 Å². The van der Waals surface area contributed by atoms with E-state index in [4.69, 9.17) is 0 Å². The van der Waals surface area contributed by atoms with E-state index in [-0.39, 0.29) is 17.7 Å². The molecule has 6 rings (SSSR count). The highest BCUT2D eigenvalue weighted by atomic mass is 16.1. The van der Waals surface area contributed by atoms with E-state index >= 15 is 0 Å². The van der Waals surface area contributed by atoms with Crippen LogP contribution in [0.5, 0.6) is 0 Å². The first-order chi connectivity index (χ1) is 13.5. The van der Waals surface area contributed by atoms with Gasteiger partial charge in [0.2, 0.25) is 5.91 Å². The molecule has 28 heavy (non-hydrogen) atoms. The molecule has 142 valence electrons. The summed E-state index contributed by atoms with van der Waals surface area (Å²) in [4.78, 5) is 13.5. The highest BCUT2D eigenvalue weighted by Crippen LogP contribution is 2.59. The van der Waals surface area contributed by atoms with Crippen molar-refractivity contribution in [2.45, 2.75) is 39.0 Å². The van der Waals surface area contributed by atoms with Crippen LogP contribution in [0.4, 0.5) is 5.69 Å². The summed E-state index contributed by atoms with van der Waals surface area (Å²) < 4.78 is 0. The van der Waals surface area contributed by atoms with Crippen LogP contribution in [0.3, 0.4) is 0 Å². The van der Waals surface area contributed by atoms with Gasteiger partial charge in [0.25, 0.3) is 0 Å². The zero-order valence-corrected chi connectivity index (χ0v) is 16.8. The summed E-state index contributed by atoms with van der Waals surface area (Å²) in [6.45, 7) is 6.27. The molecule has 0 radical (unpaired) electrons. The van der Waals surface area contributed by atoms with Crippen LogP contribution in [0.15, 0.2) is 60.7 Å². The molecule has 2 nitrogen and oxygen atoms in total. The standard InChI is InChI=1S/C26H27NO/c1-15-12-16(2)25(17(3)13-15)27-26(28)23-14-22-18-8-4-6-10-20(18)24(23)21-11-7-5-9-19(21)22/h4-13,18,20,22-24H,14H2,1-3H3,(H,27,28). The Morgan fingerprint density at radius 1 is 0.929 bits per heavy atom. The highest BCUT2D eigenvalue weighted by molar-refractivity contribution is 5.95. The van der Waals surface area contributed by atoms with E-state index < -0.39 is 0 Å². The largest absolute Gasteiger partial charge is 0.325 e. The number of fused-ring (bicyclic) bond motifs is 1. The summed E-state index contributed by atoms with van der Waals surface area (Å²) in [6, 6.07) is 13.1. The van der Waals surface area contributed by atoms with Crippen LogP contribution in [0.1, 0.15) is 46.1 Å². The third-order valence-corrected chi connectivity index (χ3v) is 7.06. The smallest absolute Gasteiger partial charge is 0.228 e. The van der Waals surface area contributed by atoms with Gasteiger partial charge in [-0.15, -0.1) is 0 Å². The van der Waals surface area contributed by atoms with Gasteiger partial charge in [0, 0.05) is 17.5 Å². The second-order valence-corrected chi connectivity index (χ2v) is 8.79. The molecule has 0 saturated heterocycles. The maximum atomic E-state index is 13.5. The molecule has 4 aliphatic rings. The molecule has 0 aromatic heterocycles. The second kappa shape index (κ2) is 6.48. The summed E-state index contributed by atoms with van der Waals surface area (Å²) in [7, 11) is 0. The fraction of sp³-hybridized carbons (Fsp3) is 0.346. The minimum Gasteiger partial charge on any atom is -0.325 e. The molecule has 1 amide bonds. The third-order valence-electron chi connectivity index (χ3n) is 7.06. The number of amides is 1. The van der Waals surface area contributed by atoms with E-state index in [1.54, 1.807) is 0 Å². The molecule has 0 aliphatic heterocycles. The van der Waals surface area contributed by atoms with Crippen molar-refractivity contribution in [2.75, 3.05) is 5.32 Å². The SMILES string of the molecule is Cc1cc(C)c(NC(=O)C2CC3c4ccccc4C2C2C=CC=CC32)c(C)c1. The van der Waals surface area contributed by atoms with Gasteiger partial charge in [-0.2, -0.15) is 0 Å². The van der Waals surface area contributed by atoms with Crippen molar-refractivity contribution in [3.05, 3.63) is 88.5 Å². The maximum Gasteiger partial charge on any atom is 0.228 e. The first kappa shape index (κ1) is 17.5. The number of hydrogen-bond donors (Lipinski definition) is 1. The van der Waals surface area contributed by atoms with Crippen LogP contribution in [-0.4, -0.2) is 5.91 Å². The summed E-state index contributed by atoms with van der Waals surface area (Å²) >= 11 is 0. The summed E-state index contributed by atoms with van der Waals surface area (Å²) in [6.07, 6.45) is 9.98. The van der Waals surface area contributed by atoms with Gasteiger partial charge in [0.15, 0.2) is 0 Å². The molecule has 0 spiro atoms. The highest BCUT2D eigenvalue weighted by Gasteiger charge is 2.52. The van der Waals surface area contributed by atoms with Crippen LogP contribution < -0.4 is 5.32 Å². The van der Waals surface area contributed by atoms with Crippen molar-refractivity contribution in [1.29, 1.82) is 0 Å². The molecule has 5 atom stereocenters. The summed E-state index contributed by atoms with van der Waals surface area (Å²) in [5.41, 5.74) is 7.36. The molecule has 4 aliphatic carbocycles. The third kappa shape index (κ3) is 2.58. The Kier molecular flexibility index (Phi) is 4.04. The number of rotatable bonds is 2. The molecule has 5 unspecified atom stereocenters. The van der Waals surface area contributed by atoms with E-state index in [9.17, 15) is 4.79 Å². The Bertz CT molecular complexity index is 992. The molecule has 2 aromatic rings. The van der Waals surface area contributed by atoms with Crippen LogP contribution in [0.25, 0.3) is 0 Å². The minimum absolute atomic E-state index is 0.0254. The molecular formula is C26H27NO. The molecule has 1 saturated carbocycles. The quantitative estimate of drug-likeness (QED) is 0.711. The van der Waals surface area contributed by atoms with Gasteiger partial charge in [-0.1, -0.05) is 66.3 Å². The van der Waals surface area contributed by atoms with Gasteiger partial charge in [-0.25, -0.2) is 0 Å². The Hall–Kier alpha value is -2.61. The average Bonchev–Trinajstić information content (AvgIpc) is 2.70. The van der Waals surface area contributed by atoms with Gasteiger partial charge in [-0.3, -0.25) is 4.79 Å². The first-order valence-electron chi connectivity index (χ1n) is 10.4. The first-order valence-corrected chi connectivity index (χ1v) is 10.4. The number of anilines is 1. The van der Waals surface area contributed by atoms with E-state index in [2.05, 4.69) is 86.8 Å². The van der Waals surface area contributed by atoms with Gasteiger partial charge >= 0.3 is 0 Å². The van der Waals surface area contributed by atoms with Crippen molar-refractivity contribution in [2.24, 2.45) is 17.8 Å². The molecule has 1 N–H and O–H groups in total. The van der Waals surface area contributed by atoms with Gasteiger partial charge in [-0.05, 0) is 67.2 Å². The number of aryl methyl sites for hydroxylation is 3. The Balaban J connectivity index is 1.51. The number of nitrogens with one attached hydrogen (secondary N) is 1. The van der Waals surface area contributed by atoms with Gasteiger partial charge in [0.05, 0.1) is 0 Å². The predicted molar refractivity (Wildman–Crippen MR) is 115 cm³/mol. The fourth-order valence-electron chi connectivity index (χ4n) is 6.02. The maximum absolute atomic E-state index is 13.5. The van der Waals surface area contributed by atoms with Crippen LogP contribution in [0.2, 0.25) is 0 Å². The molecule has 2 aromatic carbocycles. The second-order valence-electron chi connectivity index (χ2n) is 8.79. The topological polar surface area (TPSA) is 29.1 Å². The molecule has 2 bridgehead atoms. The van der Waals surface area contributed by atoms with Crippen LogP contribution in [0, 0.1) is 38.5 Å². The number of carbonyl (C=O) groups excluding carboxylic acids is 1. The predicted octanol–water partition coefficient (Wildman–Crippen LogP) is 5.81. The van der Waals surface area contributed by atoms with Gasteiger partial charge in [0.1, 0.15) is 0 Å². The lowest BCUT2D eigenvalue weighted by atomic mass is 9.51. The molecular weight excluding hydrogens is 342 g/mol. The lowest BCUT2D eigenvalue weighted by Crippen LogP contribution is -2.46. The zero-order chi connectivity index (χ0) is 19.4. The zero-order valence-electron chi connectivity index (χ0n) is 16.8. The molecule has 1 fully saturated rings. The van der Waals surface area contributed by atoms with Crippen molar-refractivity contribution in [3.63, 3.8) is 0 Å². The molecule has 0 heterocycles. The monoisotopic (exact) mass is 369 g/mol. The van der Waals surface area contributed by atoms with Crippen molar-refractivity contribution in [3.8, 4) is 0 Å². The van der Waals surface area contributed by atoms with Gasteiger partial charge < -0.3 is 5.32 Å². The number of hydrogen-bond acceptors (Lipinski definition) is 1. The number of allylic oxidation sites excluding steroid dienone is 4. The lowest BCUT2D eigenvalue weighted by molar-refractivity contribution is -0.122. The fourth-order valence-corrected chi connectivity index (χ4v) is 6.02. The lowest BCUT2D eigenvalue weighted by Gasteiger charge is -2.52. The van der Waals surface area contributed by atoms with Crippen LogP contribution >= 0.6 is 0 Å². The molecule has 2 heteroatoms. The van der Waals surface area contributed by atoms with Crippen LogP contribution in [-0.2, 0) is 4.79 Å². The summed E-state index contributed by atoms with van der Waals surface area (Å²) in [5, 5.41) is 3.31. The Morgan fingerprint density at radius 2 is 1.57 bits per heavy atom. The van der Waals surface area contributed by atoms with Crippen molar-refractivity contribution >= 4 is 11.6 Å². The van der Waals surface area contributed by atoms with E-state index in [1.807, 2.05) is 0 Å². The number of carbonyl (C=O) groups is 1. The average molecular weight is 370 g/mol. The minimum atomic E-state index is 0.0254. The normalized spacial score (nSPS) is 29.3. The van der Waals surface area contributed by atoms with Crippen molar-refractivity contribution < 1.29 is 4.79 Å². The van der Waals surface area contributed by atoms with Crippen molar-refractivity contribution in [1.82, 2.24) is 0 Å². The summed E-state index contributed by atoms with van der Waals surface area (Å²) in [5.74, 6) is 1.85. The Labute approximate surface area is 167 Å². The number of benzene rings is 2. The van der Waals surface area contributed by atoms with E-state index in [0.717, 1.165) is 23.2 Å².